The summed E-state index contributed by atoms with van der Waals surface area (Å²) in [5.41, 5.74) is 0. The Labute approximate surface area is 85.9 Å². The summed E-state index contributed by atoms with van der Waals surface area (Å²) in [6.07, 6.45) is -4.53. The van der Waals surface area contributed by atoms with Crippen molar-refractivity contribution < 1.29 is 21.6 Å². The fraction of sp³-hybridized carbons (Fsp3) is 1.00. The summed E-state index contributed by atoms with van der Waals surface area (Å²) < 4.78 is 58.4. The number of nitrogens with zero attached hydrogens (tertiary/aromatic N) is 1. The standard InChI is InChI=1S/C6H11ClF3NO2S/c1-5(3-7)14(12,13)11(2)4-6(8,9)10/h5H,3-4H2,1-2H3. The smallest absolute Gasteiger partial charge is 0.212 e. The third kappa shape index (κ3) is 4.02. The molecule has 0 aromatic rings. The molecular formula is C6H11ClF3NO2S. The molecule has 0 aliphatic carbocycles. The largest absolute Gasteiger partial charge is 0.402 e. The van der Waals surface area contributed by atoms with E-state index in [4.69, 9.17) is 11.6 Å². The number of hydrogen-bond acceptors (Lipinski definition) is 2. The fourth-order valence-corrected chi connectivity index (χ4v) is 2.31. The maximum Gasteiger partial charge on any atom is 0.402 e. The van der Waals surface area contributed by atoms with Crippen molar-refractivity contribution in [2.24, 2.45) is 0 Å². The van der Waals surface area contributed by atoms with Crippen molar-refractivity contribution in [2.75, 3.05) is 19.5 Å². The molecule has 3 nitrogen and oxygen atoms in total. The number of sulfonamides is 1. The highest BCUT2D eigenvalue weighted by Gasteiger charge is 2.35. The molecule has 0 rings (SSSR count). The topological polar surface area (TPSA) is 37.4 Å². The molecule has 0 aromatic carbocycles. The van der Waals surface area contributed by atoms with Crippen molar-refractivity contribution in [3.05, 3.63) is 0 Å². The van der Waals surface area contributed by atoms with Crippen LogP contribution in [-0.4, -0.2) is 43.6 Å². The van der Waals surface area contributed by atoms with Gasteiger partial charge in [0.1, 0.15) is 6.54 Å². The van der Waals surface area contributed by atoms with E-state index in [0.29, 0.717) is 0 Å². The summed E-state index contributed by atoms with van der Waals surface area (Å²) in [6.45, 7) is -0.230. The summed E-state index contributed by atoms with van der Waals surface area (Å²) in [5.74, 6) is -0.232. The first kappa shape index (κ1) is 14.0. The Morgan fingerprint density at radius 1 is 1.43 bits per heavy atom. The Morgan fingerprint density at radius 2 is 1.86 bits per heavy atom. The zero-order chi connectivity index (χ0) is 11.6. The van der Waals surface area contributed by atoms with Gasteiger partial charge in [-0.15, -0.1) is 11.6 Å². The zero-order valence-electron chi connectivity index (χ0n) is 7.68. The first-order valence-corrected chi connectivity index (χ1v) is 5.73. The van der Waals surface area contributed by atoms with Gasteiger partial charge >= 0.3 is 6.18 Å². The van der Waals surface area contributed by atoms with Crippen molar-refractivity contribution in [3.8, 4) is 0 Å². The van der Waals surface area contributed by atoms with Gasteiger partial charge in [0, 0.05) is 12.9 Å². The molecule has 0 heterocycles. The summed E-state index contributed by atoms with van der Waals surface area (Å²) in [7, 11) is -3.06. The van der Waals surface area contributed by atoms with Crippen molar-refractivity contribution in [1.29, 1.82) is 0 Å². The van der Waals surface area contributed by atoms with Gasteiger partial charge in [-0.25, -0.2) is 8.42 Å². The van der Waals surface area contributed by atoms with Gasteiger partial charge < -0.3 is 0 Å². The highest BCUT2D eigenvalue weighted by atomic mass is 35.5. The van der Waals surface area contributed by atoms with Crippen LogP contribution in [0, 0.1) is 0 Å². The number of rotatable bonds is 4. The Hall–Kier alpha value is -0.0100. The molecule has 0 N–H and O–H groups in total. The van der Waals surface area contributed by atoms with Crippen molar-refractivity contribution >= 4 is 21.6 Å². The van der Waals surface area contributed by atoms with E-state index in [1.54, 1.807) is 0 Å². The maximum absolute atomic E-state index is 11.9. The summed E-state index contributed by atoms with van der Waals surface area (Å²) >= 11 is 5.26. The summed E-state index contributed by atoms with van der Waals surface area (Å²) in [6, 6.07) is 0. The summed E-state index contributed by atoms with van der Waals surface area (Å²) in [5, 5.41) is -1.02. The predicted molar refractivity (Wildman–Crippen MR) is 47.8 cm³/mol. The second-order valence-corrected chi connectivity index (χ2v) is 5.65. The Balaban J connectivity index is 4.61. The average molecular weight is 254 g/mol. The van der Waals surface area contributed by atoms with E-state index in [1.807, 2.05) is 0 Å². The molecule has 86 valence electrons. The van der Waals surface area contributed by atoms with Crippen LogP contribution in [0.2, 0.25) is 0 Å². The van der Waals surface area contributed by atoms with Gasteiger partial charge in [0.2, 0.25) is 10.0 Å². The van der Waals surface area contributed by atoms with Crippen LogP contribution in [0.5, 0.6) is 0 Å². The molecule has 1 unspecified atom stereocenters. The van der Waals surface area contributed by atoms with Crippen LogP contribution in [-0.2, 0) is 10.0 Å². The van der Waals surface area contributed by atoms with Gasteiger partial charge in [-0.1, -0.05) is 0 Å². The number of halogens is 4. The van der Waals surface area contributed by atoms with Crippen LogP contribution >= 0.6 is 11.6 Å². The van der Waals surface area contributed by atoms with E-state index in [1.165, 1.54) is 6.92 Å². The summed E-state index contributed by atoms with van der Waals surface area (Å²) in [4.78, 5) is 0. The second kappa shape index (κ2) is 4.67. The minimum atomic E-state index is -4.53. The molecule has 0 amide bonds. The van der Waals surface area contributed by atoms with E-state index >= 15 is 0 Å². The van der Waals surface area contributed by atoms with E-state index < -0.39 is 28.0 Å². The highest BCUT2D eigenvalue weighted by molar-refractivity contribution is 7.89. The third-order valence-corrected chi connectivity index (χ3v) is 4.39. The number of hydrogen-bond donors (Lipinski definition) is 0. The van der Waals surface area contributed by atoms with Gasteiger partial charge in [0.05, 0.1) is 5.25 Å². The quantitative estimate of drug-likeness (QED) is 0.711. The molecule has 0 radical (unpaired) electrons. The van der Waals surface area contributed by atoms with Crippen LogP contribution in [0.1, 0.15) is 6.92 Å². The molecule has 0 aromatic heterocycles. The molecule has 0 saturated carbocycles. The van der Waals surface area contributed by atoms with Crippen molar-refractivity contribution in [2.45, 2.75) is 18.3 Å². The van der Waals surface area contributed by atoms with Gasteiger partial charge in [0.15, 0.2) is 0 Å². The molecule has 14 heavy (non-hydrogen) atoms. The normalized spacial score (nSPS) is 15.9. The van der Waals surface area contributed by atoms with Crippen molar-refractivity contribution in [1.82, 2.24) is 4.31 Å². The van der Waals surface area contributed by atoms with Crippen LogP contribution in [0.25, 0.3) is 0 Å². The first-order chi connectivity index (χ1) is 6.11. The second-order valence-electron chi connectivity index (χ2n) is 2.88. The van der Waals surface area contributed by atoms with Gasteiger partial charge in [-0.3, -0.25) is 0 Å². The van der Waals surface area contributed by atoms with Crippen LogP contribution < -0.4 is 0 Å². The van der Waals surface area contributed by atoms with E-state index in [2.05, 4.69) is 0 Å². The van der Waals surface area contributed by atoms with E-state index in [0.717, 1.165) is 7.05 Å². The SMILES string of the molecule is CC(CCl)S(=O)(=O)N(C)CC(F)(F)F. The van der Waals surface area contributed by atoms with Gasteiger partial charge in [-0.05, 0) is 6.92 Å². The van der Waals surface area contributed by atoms with Crippen LogP contribution in [0.15, 0.2) is 0 Å². The lowest BCUT2D eigenvalue weighted by molar-refractivity contribution is -0.134. The van der Waals surface area contributed by atoms with E-state index in [9.17, 15) is 21.6 Å². The van der Waals surface area contributed by atoms with Crippen LogP contribution in [0.4, 0.5) is 13.2 Å². The highest BCUT2D eigenvalue weighted by Crippen LogP contribution is 2.19. The van der Waals surface area contributed by atoms with Gasteiger partial charge in [0.25, 0.3) is 0 Å². The molecule has 0 fully saturated rings. The Kier molecular flexibility index (Phi) is 4.67. The lowest BCUT2D eigenvalue weighted by atomic mass is 10.6. The third-order valence-electron chi connectivity index (χ3n) is 1.56. The lowest BCUT2D eigenvalue weighted by Crippen LogP contribution is -2.40. The Morgan fingerprint density at radius 3 is 2.14 bits per heavy atom. The minimum absolute atomic E-state index is 0.232. The monoisotopic (exact) mass is 253 g/mol. The predicted octanol–water partition coefficient (Wildman–Crippen LogP) is 1.44. The molecular weight excluding hydrogens is 243 g/mol. The van der Waals surface area contributed by atoms with E-state index in [-0.39, 0.29) is 10.2 Å². The molecule has 0 bridgehead atoms. The van der Waals surface area contributed by atoms with Gasteiger partial charge in [-0.2, -0.15) is 17.5 Å². The molecule has 0 saturated heterocycles. The fourth-order valence-electron chi connectivity index (χ4n) is 0.729. The molecule has 8 heteroatoms. The molecule has 0 aliphatic heterocycles. The average Bonchev–Trinajstić information content (AvgIpc) is 1.99. The first-order valence-electron chi connectivity index (χ1n) is 3.69. The van der Waals surface area contributed by atoms with Crippen molar-refractivity contribution in [3.63, 3.8) is 0 Å². The number of alkyl halides is 4. The zero-order valence-corrected chi connectivity index (χ0v) is 9.25. The lowest BCUT2D eigenvalue weighted by Gasteiger charge is -2.21. The van der Waals surface area contributed by atoms with Crippen LogP contribution in [0.3, 0.4) is 0 Å². The molecule has 1 atom stereocenters. The molecule has 0 aliphatic rings. The maximum atomic E-state index is 11.9. The minimum Gasteiger partial charge on any atom is -0.212 e. The molecule has 0 spiro atoms. The Bertz CT molecular complexity index is 277.